The molecular formula is C11H15BrN2O. The van der Waals surface area contributed by atoms with Gasteiger partial charge in [0.2, 0.25) is 0 Å². The van der Waals surface area contributed by atoms with E-state index in [-0.39, 0.29) is 0 Å². The molecule has 0 radical (unpaired) electrons. The zero-order valence-corrected chi connectivity index (χ0v) is 10.1. The lowest BCUT2D eigenvalue weighted by Crippen LogP contribution is -2.27. The van der Waals surface area contributed by atoms with Gasteiger partial charge in [0.15, 0.2) is 0 Å². The van der Waals surface area contributed by atoms with Crippen LogP contribution in [0.3, 0.4) is 0 Å². The van der Waals surface area contributed by atoms with Crippen molar-refractivity contribution in [2.75, 3.05) is 24.3 Å². The third-order valence-electron chi connectivity index (χ3n) is 2.57. The normalized spacial score (nSPS) is 17.7. The molecule has 0 spiro atoms. The van der Waals surface area contributed by atoms with Crippen LogP contribution in [-0.2, 0) is 4.74 Å². The summed E-state index contributed by atoms with van der Waals surface area (Å²) >= 11 is 3.50. The minimum Gasteiger partial charge on any atom is -0.399 e. The lowest BCUT2D eigenvalue weighted by molar-refractivity contribution is 0.0904. The number of nitrogens with one attached hydrogen (secondary N) is 1. The van der Waals surface area contributed by atoms with Crippen molar-refractivity contribution in [1.82, 2.24) is 0 Å². The van der Waals surface area contributed by atoms with Crippen LogP contribution in [-0.4, -0.2) is 19.3 Å². The topological polar surface area (TPSA) is 47.3 Å². The summed E-state index contributed by atoms with van der Waals surface area (Å²) in [5.41, 5.74) is 7.57. The van der Waals surface area contributed by atoms with Crippen molar-refractivity contribution in [3.05, 3.63) is 22.7 Å². The fourth-order valence-electron chi connectivity index (χ4n) is 1.71. The summed E-state index contributed by atoms with van der Waals surface area (Å²) in [6.07, 6.45) is 2.13. The standard InChI is InChI=1S/C11H15BrN2O/c12-10-7-8(13)1-2-11(10)14-9-3-5-15-6-4-9/h1-2,7,9,14H,3-6,13H2. The first-order valence-corrected chi connectivity index (χ1v) is 5.94. The van der Waals surface area contributed by atoms with E-state index in [1.807, 2.05) is 18.2 Å². The molecule has 2 rings (SSSR count). The van der Waals surface area contributed by atoms with Crippen LogP contribution in [0.25, 0.3) is 0 Å². The van der Waals surface area contributed by atoms with Crippen molar-refractivity contribution in [3.63, 3.8) is 0 Å². The molecule has 0 aliphatic carbocycles. The van der Waals surface area contributed by atoms with Crippen LogP contribution in [0.1, 0.15) is 12.8 Å². The lowest BCUT2D eigenvalue weighted by Gasteiger charge is -2.24. The molecular weight excluding hydrogens is 256 g/mol. The maximum absolute atomic E-state index is 5.68. The van der Waals surface area contributed by atoms with E-state index < -0.39 is 0 Å². The SMILES string of the molecule is Nc1ccc(NC2CCOCC2)c(Br)c1. The summed E-state index contributed by atoms with van der Waals surface area (Å²) in [6, 6.07) is 6.35. The highest BCUT2D eigenvalue weighted by atomic mass is 79.9. The number of ether oxygens (including phenoxy) is 1. The molecule has 0 atom stereocenters. The number of halogens is 1. The summed E-state index contributed by atoms with van der Waals surface area (Å²) < 4.78 is 6.34. The summed E-state index contributed by atoms with van der Waals surface area (Å²) in [4.78, 5) is 0. The summed E-state index contributed by atoms with van der Waals surface area (Å²) in [5, 5.41) is 3.49. The average molecular weight is 271 g/mol. The van der Waals surface area contributed by atoms with Crippen LogP contribution >= 0.6 is 15.9 Å². The Hall–Kier alpha value is -0.740. The maximum atomic E-state index is 5.68. The Bertz CT molecular complexity index is 337. The highest BCUT2D eigenvalue weighted by Crippen LogP contribution is 2.26. The van der Waals surface area contributed by atoms with Crippen LogP contribution in [0, 0.1) is 0 Å². The predicted octanol–water partition coefficient (Wildman–Crippen LogP) is 2.62. The van der Waals surface area contributed by atoms with E-state index in [0.717, 1.165) is 41.9 Å². The van der Waals surface area contributed by atoms with E-state index in [2.05, 4.69) is 21.2 Å². The zero-order chi connectivity index (χ0) is 10.7. The number of hydrogen-bond donors (Lipinski definition) is 2. The minimum atomic E-state index is 0.513. The molecule has 0 bridgehead atoms. The first kappa shape index (κ1) is 10.8. The van der Waals surface area contributed by atoms with Crippen molar-refractivity contribution < 1.29 is 4.74 Å². The first-order chi connectivity index (χ1) is 7.25. The van der Waals surface area contributed by atoms with Gasteiger partial charge in [-0.15, -0.1) is 0 Å². The van der Waals surface area contributed by atoms with E-state index >= 15 is 0 Å². The largest absolute Gasteiger partial charge is 0.399 e. The van der Waals surface area contributed by atoms with Gasteiger partial charge < -0.3 is 15.8 Å². The summed E-state index contributed by atoms with van der Waals surface area (Å²) in [6.45, 7) is 1.70. The van der Waals surface area contributed by atoms with E-state index in [4.69, 9.17) is 10.5 Å². The highest BCUT2D eigenvalue weighted by Gasteiger charge is 2.14. The summed E-state index contributed by atoms with van der Waals surface area (Å²) in [7, 11) is 0. The molecule has 3 nitrogen and oxygen atoms in total. The number of hydrogen-bond acceptors (Lipinski definition) is 3. The minimum absolute atomic E-state index is 0.513. The van der Waals surface area contributed by atoms with Crippen LogP contribution in [0.2, 0.25) is 0 Å². The second-order valence-corrected chi connectivity index (χ2v) is 4.62. The predicted molar refractivity (Wildman–Crippen MR) is 66.0 cm³/mol. The molecule has 1 aromatic rings. The quantitative estimate of drug-likeness (QED) is 0.813. The lowest BCUT2D eigenvalue weighted by atomic mass is 10.1. The maximum Gasteiger partial charge on any atom is 0.0488 e. The second-order valence-electron chi connectivity index (χ2n) is 3.77. The zero-order valence-electron chi connectivity index (χ0n) is 8.50. The Morgan fingerprint density at radius 3 is 2.73 bits per heavy atom. The molecule has 0 saturated carbocycles. The molecule has 15 heavy (non-hydrogen) atoms. The van der Waals surface area contributed by atoms with Gasteiger partial charge in [-0.3, -0.25) is 0 Å². The van der Waals surface area contributed by atoms with E-state index in [1.165, 1.54) is 0 Å². The van der Waals surface area contributed by atoms with Crippen molar-refractivity contribution >= 4 is 27.3 Å². The Morgan fingerprint density at radius 1 is 1.33 bits per heavy atom. The third-order valence-corrected chi connectivity index (χ3v) is 3.23. The monoisotopic (exact) mass is 270 g/mol. The molecule has 1 saturated heterocycles. The van der Waals surface area contributed by atoms with Crippen molar-refractivity contribution in [3.8, 4) is 0 Å². The third kappa shape index (κ3) is 2.86. The number of nitrogens with two attached hydrogens (primary N) is 1. The Kier molecular flexibility index (Phi) is 3.49. The van der Waals surface area contributed by atoms with Crippen molar-refractivity contribution in [1.29, 1.82) is 0 Å². The van der Waals surface area contributed by atoms with Gasteiger partial charge in [-0.05, 0) is 47.0 Å². The van der Waals surface area contributed by atoms with Crippen LogP contribution in [0.15, 0.2) is 22.7 Å². The molecule has 3 N–H and O–H groups in total. The van der Waals surface area contributed by atoms with E-state index in [9.17, 15) is 0 Å². The van der Waals surface area contributed by atoms with Gasteiger partial charge in [-0.25, -0.2) is 0 Å². The van der Waals surface area contributed by atoms with Gasteiger partial charge in [0.1, 0.15) is 0 Å². The molecule has 1 aromatic carbocycles. The molecule has 1 fully saturated rings. The van der Waals surface area contributed by atoms with E-state index in [0.29, 0.717) is 6.04 Å². The number of benzene rings is 1. The number of rotatable bonds is 2. The molecule has 4 heteroatoms. The van der Waals surface area contributed by atoms with Gasteiger partial charge in [-0.2, -0.15) is 0 Å². The van der Waals surface area contributed by atoms with Crippen LogP contribution in [0.5, 0.6) is 0 Å². The van der Waals surface area contributed by atoms with Gasteiger partial charge in [0.25, 0.3) is 0 Å². The molecule has 1 heterocycles. The van der Waals surface area contributed by atoms with Gasteiger partial charge in [-0.1, -0.05) is 0 Å². The smallest absolute Gasteiger partial charge is 0.0488 e. The van der Waals surface area contributed by atoms with Gasteiger partial charge in [0, 0.05) is 35.1 Å². The number of anilines is 2. The highest BCUT2D eigenvalue weighted by molar-refractivity contribution is 9.10. The second kappa shape index (κ2) is 4.86. The fraction of sp³-hybridized carbons (Fsp3) is 0.455. The molecule has 0 amide bonds. The molecule has 82 valence electrons. The van der Waals surface area contributed by atoms with Gasteiger partial charge >= 0.3 is 0 Å². The van der Waals surface area contributed by atoms with E-state index in [1.54, 1.807) is 0 Å². The summed E-state index contributed by atoms with van der Waals surface area (Å²) in [5.74, 6) is 0. The van der Waals surface area contributed by atoms with Crippen LogP contribution in [0.4, 0.5) is 11.4 Å². The van der Waals surface area contributed by atoms with Crippen molar-refractivity contribution in [2.24, 2.45) is 0 Å². The fourth-order valence-corrected chi connectivity index (χ4v) is 2.22. The first-order valence-electron chi connectivity index (χ1n) is 5.15. The number of nitrogen functional groups attached to an aromatic ring is 1. The van der Waals surface area contributed by atoms with Crippen molar-refractivity contribution in [2.45, 2.75) is 18.9 Å². The molecule has 1 aliphatic heterocycles. The van der Waals surface area contributed by atoms with Crippen LogP contribution < -0.4 is 11.1 Å². The average Bonchev–Trinajstić information content (AvgIpc) is 2.24. The Balaban J connectivity index is 2.03. The Morgan fingerprint density at radius 2 is 2.07 bits per heavy atom. The molecule has 0 unspecified atom stereocenters. The van der Waals surface area contributed by atoms with Gasteiger partial charge in [0.05, 0.1) is 0 Å². The molecule has 1 aliphatic rings. The Labute approximate surface area is 98.1 Å². The molecule has 0 aromatic heterocycles.